The molecule has 88 heavy (non-hydrogen) atoms. The lowest BCUT2D eigenvalue weighted by molar-refractivity contribution is -0.149. The van der Waals surface area contributed by atoms with Crippen molar-refractivity contribution in [1.82, 2.24) is 19.9 Å². The number of phenolic OH excluding ortho intramolecular Hbond substituents is 3. The van der Waals surface area contributed by atoms with Crippen LogP contribution in [0.2, 0.25) is 0 Å². The number of nitrogens with one attached hydrogen (secondary N) is 3. The molecule has 2 spiro atoms. The van der Waals surface area contributed by atoms with Gasteiger partial charge in [-0.25, -0.2) is 0 Å². The van der Waals surface area contributed by atoms with Gasteiger partial charge in [-0.3, -0.25) is 9.59 Å². The number of methoxy groups -OCH3 is 1. The molecule has 8 aliphatic rings. The van der Waals surface area contributed by atoms with Crippen LogP contribution in [0.25, 0.3) is 38.8 Å². The topological polar surface area (TPSA) is 232 Å². The second-order valence-electron chi connectivity index (χ2n) is 27.4. The van der Waals surface area contributed by atoms with Crippen LogP contribution in [0.3, 0.4) is 0 Å². The Labute approximate surface area is 512 Å². The molecule has 15 heteroatoms. The Balaban J connectivity index is 0.890. The highest BCUT2D eigenvalue weighted by Gasteiger charge is 2.66. The van der Waals surface area contributed by atoms with Gasteiger partial charge >= 0.3 is 5.97 Å². The van der Waals surface area contributed by atoms with E-state index in [0.717, 1.165) is 131 Å². The van der Waals surface area contributed by atoms with Crippen molar-refractivity contribution < 1.29 is 54.4 Å². The van der Waals surface area contributed by atoms with E-state index in [1.807, 2.05) is 42.6 Å². The molecule has 4 saturated carbocycles. The van der Waals surface area contributed by atoms with Crippen LogP contribution in [0.5, 0.6) is 28.7 Å². The van der Waals surface area contributed by atoms with Gasteiger partial charge < -0.3 is 64.7 Å². The highest BCUT2D eigenvalue weighted by atomic mass is 16.5. The van der Waals surface area contributed by atoms with Crippen LogP contribution in [0.15, 0.2) is 97.2 Å². The van der Waals surface area contributed by atoms with E-state index < -0.39 is 29.8 Å². The predicted molar refractivity (Wildman–Crippen MR) is 334 cm³/mol. The number of cyclic esters (lactones) is 1. The molecule has 4 aromatic carbocycles. The first-order chi connectivity index (χ1) is 42.8. The maximum Gasteiger partial charge on any atom is 0.318 e. The average molecular weight is 1190 g/mol. The Morgan fingerprint density at radius 2 is 1.70 bits per heavy atom. The number of aromatic amines is 2. The normalized spacial score (nSPS) is 31.7. The molecule has 14 unspecified atom stereocenters. The summed E-state index contributed by atoms with van der Waals surface area (Å²) in [5, 5.41) is 73.3. The monoisotopic (exact) mass is 1190 g/mol. The molecule has 9 N–H and O–H groups in total. The van der Waals surface area contributed by atoms with E-state index in [0.29, 0.717) is 37.9 Å². The van der Waals surface area contributed by atoms with E-state index in [9.17, 15) is 35.4 Å². The standard InChI is InChI=1S/C73H80N4O11/c1-86-65-36-54-53(35-64(65)84)56-30-42-38-72(24-25-73(39-72)71-50(49-9-6-11-63(83)70(49)76-73)20-16-41-15-17-43(79)32-52(41)61-37-59-60(77(61)71)23-26-74-59)57-34-44(80)18-21-51(57)68(42)55(54)33-45(81)31-46(19-13-40-14-22-62(82)66(29-40)87-28-27-78)88-67(85)12-5-3-8-48-47-7-2-4-10-58(47)75-69(48)56/h2,4,7,10,14-15,17,22-23,26,29-30,32,35-37,42,44,46,49-51,55,57,63,68,70-71,74-76,78-80,82-84H,6,8-9,11-13,16,18-21,24-25,27-28,31,33-34,38-39H2,1H3. The number of Topliss-reactive ketones (excluding diaryl/α,β-unsaturated/α-hetero) is 1. The van der Waals surface area contributed by atoms with Crippen molar-refractivity contribution >= 4 is 39.3 Å². The number of esters is 1. The first-order valence-corrected chi connectivity index (χ1v) is 32.4. The van der Waals surface area contributed by atoms with Gasteiger partial charge in [0.1, 0.15) is 30.7 Å². The Kier molecular flexibility index (Phi) is 14.6. The van der Waals surface area contributed by atoms with E-state index in [1.54, 1.807) is 25.3 Å². The third-order valence-corrected chi connectivity index (χ3v) is 22.8. The lowest BCUT2D eigenvalue weighted by Gasteiger charge is -2.60. The van der Waals surface area contributed by atoms with Crippen molar-refractivity contribution in [1.29, 1.82) is 0 Å². The number of carbonyl (C=O) groups is 2. The molecule has 1 saturated heterocycles. The fourth-order valence-electron chi connectivity index (χ4n) is 19.5. The molecule has 6 heterocycles. The summed E-state index contributed by atoms with van der Waals surface area (Å²) < 4.78 is 20.5. The summed E-state index contributed by atoms with van der Waals surface area (Å²) in [6.45, 7) is -0.214. The highest BCUT2D eigenvalue weighted by molar-refractivity contribution is 5.95. The van der Waals surface area contributed by atoms with E-state index in [4.69, 9.17) is 14.2 Å². The lowest BCUT2D eigenvalue weighted by Crippen LogP contribution is -2.68. The van der Waals surface area contributed by atoms with Crippen LogP contribution in [0, 0.1) is 52.8 Å². The molecule has 14 atom stereocenters. The summed E-state index contributed by atoms with van der Waals surface area (Å²) in [4.78, 5) is 37.0. The van der Waals surface area contributed by atoms with Gasteiger partial charge in [-0.1, -0.05) is 54.7 Å². The number of piperidine rings is 1. The van der Waals surface area contributed by atoms with Crippen molar-refractivity contribution in [3.05, 3.63) is 131 Å². The first-order valence-electron chi connectivity index (χ1n) is 32.4. The van der Waals surface area contributed by atoms with Gasteiger partial charge in [0.2, 0.25) is 0 Å². The molecule has 3 aliphatic heterocycles. The SMILES string of the molecule is COc1cc2c(cc1O)C1=CC3CC4(CCC5(C4)NC4C(O)CCCC4C4CCc6ccc(O)cc6-c6cc7[nH]ccc7n6C45)C4CC(O)CCC4C3C2CC(=O)CC(CCc2ccc(O)c(OCCO)c2)OC(=O)CC#CCc2c1[nH]c1ccccc21. The number of ether oxygens (including phenoxy) is 3. The minimum absolute atomic E-state index is 0.00241. The van der Waals surface area contributed by atoms with Crippen LogP contribution in [0.1, 0.15) is 142 Å². The van der Waals surface area contributed by atoms with Crippen molar-refractivity contribution in [2.24, 2.45) is 40.9 Å². The smallest absolute Gasteiger partial charge is 0.318 e. The Hall–Kier alpha value is -7.48. The second-order valence-corrected chi connectivity index (χ2v) is 27.4. The van der Waals surface area contributed by atoms with Crippen molar-refractivity contribution in [2.75, 3.05) is 20.3 Å². The lowest BCUT2D eigenvalue weighted by atomic mass is 9.47. The second kappa shape index (κ2) is 22.5. The molecule has 0 amide bonds. The molecule has 7 aromatic rings. The van der Waals surface area contributed by atoms with E-state index in [-0.39, 0.29) is 120 Å². The largest absolute Gasteiger partial charge is 0.508 e. The van der Waals surface area contributed by atoms with Crippen molar-refractivity contribution in [3.63, 3.8) is 0 Å². The molecule has 0 radical (unpaired) electrons. The minimum atomic E-state index is -0.800. The third kappa shape index (κ3) is 9.70. The zero-order chi connectivity index (χ0) is 60.2. The number of rotatable bonds is 7. The average Bonchev–Trinajstić information content (AvgIpc) is 1.47. The molecule has 5 fully saturated rings. The van der Waals surface area contributed by atoms with Crippen LogP contribution in [-0.2, 0) is 33.6 Å². The number of fused-ring (bicyclic) bond motifs is 19. The van der Waals surface area contributed by atoms with Crippen LogP contribution in [-0.4, -0.2) is 107 Å². The fraction of sp³-hybridized carbons (Fsp3) is 0.479. The molecule has 458 valence electrons. The van der Waals surface area contributed by atoms with Gasteiger partial charge in [-0.05, 0) is 213 Å². The minimum Gasteiger partial charge on any atom is -0.508 e. The maximum atomic E-state index is 15.6. The number of hydrogen-bond acceptors (Lipinski definition) is 12. The van der Waals surface area contributed by atoms with E-state index >= 15 is 4.79 Å². The van der Waals surface area contributed by atoms with Gasteiger partial charge in [-0.2, -0.15) is 0 Å². The number of H-pyrrole nitrogens is 2. The fourth-order valence-corrected chi connectivity index (χ4v) is 19.5. The number of aromatic hydroxyl groups is 3. The number of hydrogen-bond donors (Lipinski definition) is 9. The Morgan fingerprint density at radius 3 is 2.58 bits per heavy atom. The summed E-state index contributed by atoms with van der Waals surface area (Å²) in [7, 11) is 1.56. The quantitative estimate of drug-likeness (QED) is 0.0536. The molecule has 15 rings (SSSR count). The summed E-state index contributed by atoms with van der Waals surface area (Å²) in [6.07, 6.45) is 13.7. The molecule has 15 nitrogen and oxygen atoms in total. The van der Waals surface area contributed by atoms with Gasteiger partial charge in [0.25, 0.3) is 0 Å². The Bertz CT molecular complexity index is 3980. The molecular formula is C73H80N4O11. The van der Waals surface area contributed by atoms with Crippen LogP contribution < -0.4 is 14.8 Å². The Morgan fingerprint density at radius 1 is 0.830 bits per heavy atom. The van der Waals surface area contributed by atoms with E-state index in [1.165, 1.54) is 5.56 Å². The molecular weight excluding hydrogens is 1110 g/mol. The number of aliphatic hydroxyl groups excluding tert-OH is 3. The number of allylic oxidation sites excluding steroid dienone is 1. The number of nitrogens with zero attached hydrogens (tertiary/aromatic N) is 1. The van der Waals surface area contributed by atoms with Crippen molar-refractivity contribution in [3.8, 4) is 51.8 Å². The van der Waals surface area contributed by atoms with Crippen LogP contribution in [0.4, 0.5) is 0 Å². The molecule has 5 aliphatic carbocycles. The zero-order valence-electron chi connectivity index (χ0n) is 50.0. The van der Waals surface area contributed by atoms with Gasteiger partial charge in [0.15, 0.2) is 23.0 Å². The van der Waals surface area contributed by atoms with Crippen LogP contribution >= 0.6 is 0 Å². The predicted octanol–water partition coefficient (Wildman–Crippen LogP) is 11.2. The number of aryl methyl sites for hydroxylation is 2. The highest BCUT2D eigenvalue weighted by Crippen LogP contribution is 2.70. The first kappa shape index (κ1) is 57.0. The number of benzene rings is 4. The van der Waals surface area contributed by atoms with Gasteiger partial charge in [0, 0.05) is 59.1 Å². The summed E-state index contributed by atoms with van der Waals surface area (Å²) >= 11 is 0. The number of para-hydroxylation sites is 1. The van der Waals surface area contributed by atoms with Crippen molar-refractivity contribution in [2.45, 2.75) is 157 Å². The number of aromatic nitrogens is 3. The summed E-state index contributed by atoms with van der Waals surface area (Å²) in [6, 6.07) is 27.3. The van der Waals surface area contributed by atoms with E-state index in [2.05, 4.69) is 68.1 Å². The molecule has 3 aromatic heterocycles. The summed E-state index contributed by atoms with van der Waals surface area (Å²) in [5.74, 6) is 6.69. The third-order valence-electron chi connectivity index (χ3n) is 22.8. The van der Waals surface area contributed by atoms with Gasteiger partial charge in [-0.15, -0.1) is 0 Å². The molecule has 2 bridgehead atoms. The number of aliphatic hydroxyl groups is 3. The maximum absolute atomic E-state index is 15.6. The zero-order valence-corrected chi connectivity index (χ0v) is 50.0. The number of carbonyl (C=O) groups excluding carboxylic acids is 2. The number of ketones is 1. The number of phenols is 3. The van der Waals surface area contributed by atoms with Gasteiger partial charge in [0.05, 0.1) is 54.4 Å². The summed E-state index contributed by atoms with van der Waals surface area (Å²) in [5.41, 5.74) is 11.0.